The van der Waals surface area contributed by atoms with Crippen LogP contribution in [0.4, 0.5) is 0 Å². The number of rotatable bonds is 1. The van der Waals surface area contributed by atoms with Crippen LogP contribution in [-0.4, -0.2) is 19.5 Å². The van der Waals surface area contributed by atoms with Gasteiger partial charge >= 0.3 is 0 Å². The van der Waals surface area contributed by atoms with Gasteiger partial charge in [0.25, 0.3) is 0 Å². The fourth-order valence-electron chi connectivity index (χ4n) is 1.36. The normalized spacial score (nSPS) is 11.0. The molecule has 0 atom stereocenters. The molecule has 3 aromatic heterocycles. The first-order valence-corrected chi connectivity index (χ1v) is 5.32. The van der Waals surface area contributed by atoms with Crippen molar-refractivity contribution < 1.29 is 4.52 Å². The predicted octanol–water partition coefficient (Wildman–Crippen LogP) is 1.99. The van der Waals surface area contributed by atoms with E-state index in [-0.39, 0.29) is 0 Å². The molecule has 0 spiro atoms. The van der Waals surface area contributed by atoms with Crippen molar-refractivity contribution in [3.63, 3.8) is 0 Å². The molecule has 0 unspecified atom stereocenters. The molecule has 0 saturated heterocycles. The molecule has 0 aliphatic heterocycles. The van der Waals surface area contributed by atoms with Gasteiger partial charge in [-0.15, -0.1) is 0 Å². The fourth-order valence-corrected chi connectivity index (χ4v) is 1.84. The molecule has 0 N–H and O–H groups in total. The summed E-state index contributed by atoms with van der Waals surface area (Å²) in [6.45, 7) is 0. The predicted molar refractivity (Wildman–Crippen MR) is 61.2 cm³/mol. The van der Waals surface area contributed by atoms with Crippen LogP contribution < -0.4 is 0 Å². The van der Waals surface area contributed by atoms with Crippen LogP contribution in [0.2, 0.25) is 0 Å². The summed E-state index contributed by atoms with van der Waals surface area (Å²) in [5.41, 5.74) is 1.58. The van der Waals surface area contributed by atoms with Crippen LogP contribution in [0.3, 0.4) is 0 Å². The highest BCUT2D eigenvalue weighted by atomic mass is 127. The van der Waals surface area contributed by atoms with Crippen LogP contribution in [0.25, 0.3) is 17.2 Å². The van der Waals surface area contributed by atoms with Crippen molar-refractivity contribution >= 4 is 28.2 Å². The quantitative estimate of drug-likeness (QED) is 0.645. The van der Waals surface area contributed by atoms with Crippen molar-refractivity contribution in [2.75, 3.05) is 0 Å². The van der Waals surface area contributed by atoms with E-state index in [1.54, 1.807) is 0 Å². The summed E-state index contributed by atoms with van der Waals surface area (Å²) in [5, 5.41) is 3.74. The van der Waals surface area contributed by atoms with E-state index in [4.69, 9.17) is 0 Å². The molecular weight excluding hydrogens is 307 g/mol. The molecule has 3 aromatic rings. The van der Waals surface area contributed by atoms with E-state index in [1.165, 1.54) is 6.39 Å². The molecule has 0 saturated carbocycles. The third kappa shape index (κ3) is 1.50. The second-order valence-corrected chi connectivity index (χ2v) is 4.24. The molecular formula is C9H5IN4O. The van der Waals surface area contributed by atoms with Gasteiger partial charge in [-0.1, -0.05) is 5.16 Å². The number of hydrogen-bond acceptors (Lipinski definition) is 4. The molecule has 0 radical (unpaired) electrons. The van der Waals surface area contributed by atoms with Crippen molar-refractivity contribution in [1.29, 1.82) is 0 Å². The van der Waals surface area contributed by atoms with Gasteiger partial charge in [-0.2, -0.15) is 4.98 Å². The number of fused-ring (bicyclic) bond motifs is 1. The van der Waals surface area contributed by atoms with Crippen LogP contribution in [0.5, 0.6) is 0 Å². The maximum absolute atomic E-state index is 4.68. The van der Waals surface area contributed by atoms with E-state index in [1.807, 2.05) is 28.9 Å². The lowest BCUT2D eigenvalue weighted by Crippen LogP contribution is -1.82. The number of aromatic nitrogens is 4. The first-order valence-electron chi connectivity index (χ1n) is 4.24. The van der Waals surface area contributed by atoms with E-state index < -0.39 is 0 Å². The van der Waals surface area contributed by atoms with Gasteiger partial charge in [-0.25, -0.2) is 4.98 Å². The Morgan fingerprint density at radius 2 is 2.20 bits per heavy atom. The highest BCUT2D eigenvalue weighted by molar-refractivity contribution is 14.1. The first kappa shape index (κ1) is 8.84. The van der Waals surface area contributed by atoms with E-state index in [2.05, 4.69) is 42.2 Å². The summed E-state index contributed by atoms with van der Waals surface area (Å²) in [6.07, 6.45) is 5.16. The highest BCUT2D eigenvalue weighted by Gasteiger charge is 2.07. The zero-order valence-corrected chi connectivity index (χ0v) is 9.62. The molecule has 6 heteroatoms. The van der Waals surface area contributed by atoms with Gasteiger partial charge in [0.1, 0.15) is 11.3 Å². The topological polar surface area (TPSA) is 56.2 Å². The monoisotopic (exact) mass is 312 g/mol. The summed E-state index contributed by atoms with van der Waals surface area (Å²) in [7, 11) is 0. The van der Waals surface area contributed by atoms with Gasteiger partial charge in [-0.3, -0.25) is 0 Å². The summed E-state index contributed by atoms with van der Waals surface area (Å²) in [4.78, 5) is 8.32. The van der Waals surface area contributed by atoms with Crippen LogP contribution >= 0.6 is 22.6 Å². The van der Waals surface area contributed by atoms with E-state index >= 15 is 0 Å². The summed E-state index contributed by atoms with van der Waals surface area (Å²) in [5.74, 6) is 0.508. The Hall–Kier alpha value is -1.44. The molecule has 0 amide bonds. The number of pyridine rings is 1. The number of hydrogen-bond donors (Lipinski definition) is 0. The minimum absolute atomic E-state index is 0.508. The lowest BCUT2D eigenvalue weighted by Gasteiger charge is -1.91. The van der Waals surface area contributed by atoms with Crippen molar-refractivity contribution in [3.05, 3.63) is 34.5 Å². The molecule has 0 bridgehead atoms. The van der Waals surface area contributed by atoms with Crippen LogP contribution in [0.1, 0.15) is 0 Å². The van der Waals surface area contributed by atoms with Crippen LogP contribution in [0.15, 0.2) is 35.4 Å². The zero-order valence-electron chi connectivity index (χ0n) is 7.46. The van der Waals surface area contributed by atoms with Crippen molar-refractivity contribution in [2.45, 2.75) is 0 Å². The maximum Gasteiger partial charge on any atom is 0.222 e. The molecule has 0 fully saturated rings. The Balaban J connectivity index is 2.22. The average molecular weight is 312 g/mol. The first-order chi connectivity index (χ1) is 7.33. The minimum atomic E-state index is 0.508. The second-order valence-electron chi connectivity index (χ2n) is 2.99. The molecule has 0 aromatic carbocycles. The molecule has 15 heavy (non-hydrogen) atoms. The Bertz CT molecular complexity index is 602. The number of nitrogens with zero attached hydrogens (tertiary/aromatic N) is 4. The van der Waals surface area contributed by atoms with Gasteiger partial charge in [0, 0.05) is 16.0 Å². The van der Waals surface area contributed by atoms with Crippen LogP contribution in [0, 0.1) is 3.57 Å². The van der Waals surface area contributed by atoms with Gasteiger partial charge < -0.3 is 8.92 Å². The Morgan fingerprint density at radius 1 is 1.27 bits per heavy atom. The lowest BCUT2D eigenvalue weighted by atomic mass is 10.5. The summed E-state index contributed by atoms with van der Waals surface area (Å²) in [6, 6.07) is 3.95. The standard InChI is InChI=1S/C9H5IN4O/c10-6-1-2-8-12-7(4-14(8)3-6)9-11-5-15-13-9/h1-5H. The minimum Gasteiger partial charge on any atom is -0.342 e. The van der Waals surface area contributed by atoms with Crippen molar-refractivity contribution in [3.8, 4) is 11.5 Å². The maximum atomic E-state index is 4.68. The smallest absolute Gasteiger partial charge is 0.222 e. The molecule has 0 aliphatic carbocycles. The Labute approximate surface area is 98.3 Å². The Kier molecular flexibility index (Phi) is 1.94. The molecule has 74 valence electrons. The molecule has 5 nitrogen and oxygen atoms in total. The molecule has 3 rings (SSSR count). The second kappa shape index (κ2) is 3.30. The highest BCUT2D eigenvalue weighted by Crippen LogP contribution is 2.15. The number of imidazole rings is 1. The number of halogens is 1. The van der Waals surface area contributed by atoms with Crippen molar-refractivity contribution in [2.24, 2.45) is 0 Å². The van der Waals surface area contributed by atoms with Gasteiger partial charge in [0.05, 0.1) is 0 Å². The average Bonchev–Trinajstić information content (AvgIpc) is 2.84. The van der Waals surface area contributed by atoms with Gasteiger partial charge in [0.2, 0.25) is 12.2 Å². The van der Waals surface area contributed by atoms with Crippen LogP contribution in [-0.2, 0) is 0 Å². The molecule has 0 aliphatic rings. The van der Waals surface area contributed by atoms with Crippen molar-refractivity contribution in [1.82, 2.24) is 19.5 Å². The van der Waals surface area contributed by atoms with Gasteiger partial charge in [0.15, 0.2) is 0 Å². The molecule has 3 heterocycles. The summed E-state index contributed by atoms with van der Waals surface area (Å²) < 4.78 is 7.76. The largest absolute Gasteiger partial charge is 0.342 e. The zero-order chi connectivity index (χ0) is 10.3. The SMILES string of the molecule is Ic1ccc2nc(-c3ncon3)cn2c1. The van der Waals surface area contributed by atoms with E-state index in [0.717, 1.165) is 9.22 Å². The third-order valence-electron chi connectivity index (χ3n) is 2.01. The summed E-state index contributed by atoms with van der Waals surface area (Å²) >= 11 is 2.25. The van der Waals surface area contributed by atoms with Gasteiger partial charge in [-0.05, 0) is 34.7 Å². The Morgan fingerprint density at radius 3 is 3.00 bits per heavy atom. The van der Waals surface area contributed by atoms with E-state index in [9.17, 15) is 0 Å². The van der Waals surface area contributed by atoms with E-state index in [0.29, 0.717) is 11.5 Å². The fraction of sp³-hybridized carbons (Fsp3) is 0. The third-order valence-corrected chi connectivity index (χ3v) is 2.64. The lowest BCUT2D eigenvalue weighted by molar-refractivity contribution is 0.418.